The van der Waals surface area contributed by atoms with Crippen molar-refractivity contribution in [2.24, 2.45) is 0 Å². The predicted molar refractivity (Wildman–Crippen MR) is 93.4 cm³/mol. The lowest BCUT2D eigenvalue weighted by atomic mass is 9.96. The molecule has 0 aliphatic carbocycles. The number of carboxylic acid groups (broad SMARTS) is 2. The Hall–Kier alpha value is -3.61. The van der Waals surface area contributed by atoms with Crippen LogP contribution in [0.15, 0.2) is 55.0 Å². The van der Waals surface area contributed by atoms with Crippen molar-refractivity contribution in [1.82, 2.24) is 15.0 Å². The molecule has 7 nitrogen and oxygen atoms in total. The molecule has 3 aromatic rings. The molecule has 0 bridgehead atoms. The minimum atomic E-state index is -1.07. The average Bonchev–Trinajstić information content (AvgIpc) is 2.63. The largest absolute Gasteiger partial charge is 0.481 e. The topological polar surface area (TPSA) is 113 Å². The normalized spacial score (nSPS) is 10.5. The molecule has 2 N–H and O–H groups in total. The summed E-state index contributed by atoms with van der Waals surface area (Å²) in [5.41, 5.74) is 2.94. The molecule has 0 unspecified atom stereocenters. The first kappa shape index (κ1) is 17.2. The molecule has 3 rings (SSSR count). The van der Waals surface area contributed by atoms with Gasteiger partial charge in [0, 0.05) is 24.2 Å². The van der Waals surface area contributed by atoms with Crippen LogP contribution in [0.2, 0.25) is 0 Å². The highest BCUT2D eigenvalue weighted by Crippen LogP contribution is 2.31. The number of rotatable bonds is 6. The van der Waals surface area contributed by atoms with E-state index in [0.29, 0.717) is 33.8 Å². The molecule has 3 heterocycles. The van der Waals surface area contributed by atoms with Crippen LogP contribution in [-0.4, -0.2) is 37.1 Å². The standard InChI is InChI=1S/C19H15N3O4/c23-16(24)10-12-6-9-22-19(14(12)11-17(25)26)18-13(4-3-8-21-18)15-5-1-2-7-20-15/h1-9H,10-11H2,(H,23,24)(H,25,26). The number of aromatic nitrogens is 3. The summed E-state index contributed by atoms with van der Waals surface area (Å²) in [6.45, 7) is 0. The highest BCUT2D eigenvalue weighted by molar-refractivity contribution is 5.83. The van der Waals surface area contributed by atoms with Gasteiger partial charge in [0.05, 0.1) is 29.9 Å². The maximum atomic E-state index is 11.3. The van der Waals surface area contributed by atoms with E-state index in [1.165, 1.54) is 12.3 Å². The maximum Gasteiger partial charge on any atom is 0.307 e. The SMILES string of the molecule is O=C(O)Cc1ccnc(-c2ncccc2-c2ccccn2)c1CC(=O)O. The van der Waals surface area contributed by atoms with Gasteiger partial charge in [-0.25, -0.2) is 0 Å². The van der Waals surface area contributed by atoms with E-state index in [1.54, 1.807) is 24.5 Å². The number of carbonyl (C=O) groups is 2. The Morgan fingerprint density at radius 2 is 1.50 bits per heavy atom. The molecule has 3 aromatic heterocycles. The zero-order valence-electron chi connectivity index (χ0n) is 13.7. The molecule has 0 radical (unpaired) electrons. The molecule has 0 fully saturated rings. The van der Waals surface area contributed by atoms with Gasteiger partial charge < -0.3 is 10.2 Å². The van der Waals surface area contributed by atoms with Crippen LogP contribution in [0, 0.1) is 0 Å². The summed E-state index contributed by atoms with van der Waals surface area (Å²) in [5.74, 6) is -2.11. The third-order valence-corrected chi connectivity index (χ3v) is 3.80. The second-order valence-corrected chi connectivity index (χ2v) is 5.55. The van der Waals surface area contributed by atoms with Crippen LogP contribution in [0.1, 0.15) is 11.1 Å². The second kappa shape index (κ2) is 7.52. The molecule has 0 spiro atoms. The summed E-state index contributed by atoms with van der Waals surface area (Å²) in [7, 11) is 0. The Balaban J connectivity index is 2.21. The van der Waals surface area contributed by atoms with E-state index in [2.05, 4.69) is 15.0 Å². The number of pyridine rings is 3. The number of aliphatic carboxylic acids is 2. The molecular formula is C19H15N3O4. The van der Waals surface area contributed by atoms with Crippen LogP contribution in [0.4, 0.5) is 0 Å². The van der Waals surface area contributed by atoms with E-state index in [0.717, 1.165) is 0 Å². The third kappa shape index (κ3) is 3.72. The molecule has 0 amide bonds. The number of carboxylic acids is 2. The molecule has 0 aliphatic rings. The zero-order valence-corrected chi connectivity index (χ0v) is 13.7. The Bertz CT molecular complexity index is 958. The number of nitrogens with zero attached hydrogens (tertiary/aromatic N) is 3. The van der Waals surface area contributed by atoms with Gasteiger partial charge in [-0.05, 0) is 41.5 Å². The molecule has 0 aromatic carbocycles. The van der Waals surface area contributed by atoms with E-state index in [4.69, 9.17) is 5.11 Å². The summed E-state index contributed by atoms with van der Waals surface area (Å²) in [4.78, 5) is 35.5. The fourth-order valence-electron chi connectivity index (χ4n) is 2.74. The van der Waals surface area contributed by atoms with Crippen LogP contribution in [0.25, 0.3) is 22.6 Å². The van der Waals surface area contributed by atoms with Gasteiger partial charge in [0.15, 0.2) is 0 Å². The van der Waals surface area contributed by atoms with Gasteiger partial charge in [-0.3, -0.25) is 24.5 Å². The summed E-state index contributed by atoms with van der Waals surface area (Å²) in [5, 5.41) is 18.4. The molecule has 26 heavy (non-hydrogen) atoms. The fourth-order valence-corrected chi connectivity index (χ4v) is 2.74. The van der Waals surface area contributed by atoms with Crippen molar-refractivity contribution in [2.75, 3.05) is 0 Å². The quantitative estimate of drug-likeness (QED) is 0.702. The molecule has 0 aliphatic heterocycles. The van der Waals surface area contributed by atoms with E-state index in [9.17, 15) is 14.7 Å². The van der Waals surface area contributed by atoms with Crippen molar-refractivity contribution >= 4 is 11.9 Å². The maximum absolute atomic E-state index is 11.3. The predicted octanol–water partition coefficient (Wildman–Crippen LogP) is 2.46. The minimum Gasteiger partial charge on any atom is -0.481 e. The van der Waals surface area contributed by atoms with Crippen molar-refractivity contribution in [3.63, 3.8) is 0 Å². The Morgan fingerprint density at radius 3 is 2.19 bits per heavy atom. The molecule has 0 saturated heterocycles. The van der Waals surface area contributed by atoms with Gasteiger partial charge in [-0.15, -0.1) is 0 Å². The summed E-state index contributed by atoms with van der Waals surface area (Å²) >= 11 is 0. The lowest BCUT2D eigenvalue weighted by Crippen LogP contribution is -2.11. The van der Waals surface area contributed by atoms with E-state index < -0.39 is 11.9 Å². The van der Waals surface area contributed by atoms with Crippen LogP contribution in [0.5, 0.6) is 0 Å². The second-order valence-electron chi connectivity index (χ2n) is 5.55. The Kier molecular flexibility index (Phi) is 4.98. The van der Waals surface area contributed by atoms with Crippen LogP contribution in [-0.2, 0) is 22.4 Å². The fraction of sp³-hybridized carbons (Fsp3) is 0.105. The minimum absolute atomic E-state index is 0.288. The molecule has 0 saturated carbocycles. The van der Waals surface area contributed by atoms with Crippen LogP contribution < -0.4 is 0 Å². The lowest BCUT2D eigenvalue weighted by molar-refractivity contribution is -0.137. The summed E-state index contributed by atoms with van der Waals surface area (Å²) in [6.07, 6.45) is 4.07. The zero-order chi connectivity index (χ0) is 18.5. The molecule has 130 valence electrons. The lowest BCUT2D eigenvalue weighted by Gasteiger charge is -2.14. The van der Waals surface area contributed by atoms with Gasteiger partial charge in [0.25, 0.3) is 0 Å². The van der Waals surface area contributed by atoms with Gasteiger partial charge in [0.2, 0.25) is 0 Å². The van der Waals surface area contributed by atoms with Crippen molar-refractivity contribution < 1.29 is 19.8 Å². The van der Waals surface area contributed by atoms with E-state index in [-0.39, 0.29) is 12.8 Å². The average molecular weight is 349 g/mol. The van der Waals surface area contributed by atoms with Crippen molar-refractivity contribution in [3.8, 4) is 22.6 Å². The smallest absolute Gasteiger partial charge is 0.307 e. The van der Waals surface area contributed by atoms with Crippen LogP contribution >= 0.6 is 0 Å². The van der Waals surface area contributed by atoms with Crippen molar-refractivity contribution in [3.05, 3.63) is 66.1 Å². The first-order chi connectivity index (χ1) is 12.6. The number of hydrogen-bond donors (Lipinski definition) is 2. The summed E-state index contributed by atoms with van der Waals surface area (Å²) < 4.78 is 0. The Labute approximate surface area is 149 Å². The highest BCUT2D eigenvalue weighted by atomic mass is 16.4. The van der Waals surface area contributed by atoms with E-state index in [1.807, 2.05) is 18.2 Å². The van der Waals surface area contributed by atoms with Gasteiger partial charge >= 0.3 is 11.9 Å². The number of hydrogen-bond acceptors (Lipinski definition) is 5. The molecule has 7 heteroatoms. The highest BCUT2D eigenvalue weighted by Gasteiger charge is 2.20. The summed E-state index contributed by atoms with van der Waals surface area (Å²) in [6, 6.07) is 10.6. The van der Waals surface area contributed by atoms with Crippen LogP contribution in [0.3, 0.4) is 0 Å². The van der Waals surface area contributed by atoms with Crippen molar-refractivity contribution in [2.45, 2.75) is 12.8 Å². The molecular weight excluding hydrogens is 334 g/mol. The van der Waals surface area contributed by atoms with Gasteiger partial charge in [-0.2, -0.15) is 0 Å². The third-order valence-electron chi connectivity index (χ3n) is 3.80. The van der Waals surface area contributed by atoms with Crippen molar-refractivity contribution in [1.29, 1.82) is 0 Å². The molecule has 0 atom stereocenters. The Morgan fingerprint density at radius 1 is 0.769 bits per heavy atom. The van der Waals surface area contributed by atoms with E-state index >= 15 is 0 Å². The first-order valence-electron chi connectivity index (χ1n) is 7.83. The van der Waals surface area contributed by atoms with Gasteiger partial charge in [-0.1, -0.05) is 6.07 Å². The monoisotopic (exact) mass is 349 g/mol. The first-order valence-corrected chi connectivity index (χ1v) is 7.83. The van der Waals surface area contributed by atoms with Gasteiger partial charge in [0.1, 0.15) is 0 Å².